The van der Waals surface area contributed by atoms with E-state index in [2.05, 4.69) is 0 Å². The van der Waals surface area contributed by atoms with Gasteiger partial charge in [-0.25, -0.2) is 8.78 Å². The summed E-state index contributed by atoms with van der Waals surface area (Å²) in [6, 6.07) is 2.07. The molecule has 0 aromatic heterocycles. The van der Waals surface area contributed by atoms with E-state index in [0.717, 1.165) is 25.0 Å². The number of rotatable bonds is 3. The fourth-order valence-corrected chi connectivity index (χ4v) is 2.37. The first-order valence-electron chi connectivity index (χ1n) is 5.95. The number of benzene rings is 1. The van der Waals surface area contributed by atoms with Crippen molar-refractivity contribution in [3.05, 3.63) is 29.3 Å². The lowest BCUT2D eigenvalue weighted by Crippen LogP contribution is -2.37. The average Bonchev–Trinajstić information content (AvgIpc) is 2.38. The summed E-state index contributed by atoms with van der Waals surface area (Å²) >= 11 is 0. The van der Waals surface area contributed by atoms with Crippen LogP contribution in [-0.2, 0) is 0 Å². The van der Waals surface area contributed by atoms with Crippen LogP contribution in [0.5, 0.6) is 0 Å². The second kappa shape index (κ2) is 5.44. The van der Waals surface area contributed by atoms with Crippen molar-refractivity contribution in [3.8, 4) is 0 Å². The van der Waals surface area contributed by atoms with E-state index in [1.54, 1.807) is 4.90 Å². The monoisotopic (exact) mass is 255 g/mol. The van der Waals surface area contributed by atoms with Gasteiger partial charge in [0.25, 0.3) is 0 Å². The maximum absolute atomic E-state index is 13.8. The van der Waals surface area contributed by atoms with Crippen molar-refractivity contribution in [1.82, 2.24) is 0 Å². The number of hydrogen-bond acceptors (Lipinski definition) is 3. The van der Waals surface area contributed by atoms with Gasteiger partial charge in [-0.15, -0.1) is 0 Å². The lowest BCUT2D eigenvalue weighted by Gasteiger charge is -2.34. The highest BCUT2D eigenvalue weighted by molar-refractivity contribution is 5.76. The number of aliphatic hydroxyl groups is 1. The summed E-state index contributed by atoms with van der Waals surface area (Å²) in [6.45, 7) is 1.02. The van der Waals surface area contributed by atoms with E-state index in [1.165, 1.54) is 0 Å². The summed E-state index contributed by atoms with van der Waals surface area (Å²) in [5, 5.41) is 9.12. The summed E-state index contributed by atoms with van der Waals surface area (Å²) in [5.41, 5.74) is -0.108. The minimum atomic E-state index is -0.726. The van der Waals surface area contributed by atoms with E-state index in [4.69, 9.17) is 5.11 Å². The van der Waals surface area contributed by atoms with Gasteiger partial charge in [-0.3, -0.25) is 4.79 Å². The molecular weight excluding hydrogens is 240 g/mol. The van der Waals surface area contributed by atoms with Gasteiger partial charge in [-0.2, -0.15) is 0 Å². The molecule has 0 amide bonds. The summed E-state index contributed by atoms with van der Waals surface area (Å²) in [5.74, 6) is -1.41. The maximum Gasteiger partial charge on any atom is 0.150 e. The second-order valence-corrected chi connectivity index (χ2v) is 4.59. The fourth-order valence-electron chi connectivity index (χ4n) is 2.37. The van der Waals surface area contributed by atoms with E-state index in [1.807, 2.05) is 0 Å². The lowest BCUT2D eigenvalue weighted by atomic mass is 9.98. The Morgan fingerprint density at radius 3 is 2.61 bits per heavy atom. The normalized spacial score (nSPS) is 19.9. The predicted molar refractivity (Wildman–Crippen MR) is 63.8 cm³/mol. The van der Waals surface area contributed by atoms with Gasteiger partial charge in [0.2, 0.25) is 0 Å². The number of aliphatic hydroxyl groups excluding tert-OH is 1. The van der Waals surface area contributed by atoms with Crippen LogP contribution in [0.4, 0.5) is 14.5 Å². The Morgan fingerprint density at radius 1 is 1.39 bits per heavy atom. The number of carbonyl (C=O) groups excluding carboxylic acids is 1. The van der Waals surface area contributed by atoms with Gasteiger partial charge in [-0.1, -0.05) is 0 Å². The first kappa shape index (κ1) is 13.0. The van der Waals surface area contributed by atoms with Crippen molar-refractivity contribution in [1.29, 1.82) is 0 Å². The highest BCUT2D eigenvalue weighted by Gasteiger charge is 2.24. The van der Waals surface area contributed by atoms with Crippen LogP contribution in [0, 0.1) is 17.6 Å². The first-order chi connectivity index (χ1) is 8.65. The van der Waals surface area contributed by atoms with Crippen LogP contribution in [0.15, 0.2) is 12.1 Å². The Morgan fingerprint density at radius 2 is 2.06 bits per heavy atom. The number of piperidine rings is 1. The summed E-state index contributed by atoms with van der Waals surface area (Å²) < 4.78 is 27.6. The maximum atomic E-state index is 13.8. The first-order valence-corrected chi connectivity index (χ1v) is 5.95. The Bertz CT molecular complexity index is 428. The van der Waals surface area contributed by atoms with Crippen LogP contribution in [0.3, 0.4) is 0 Å². The van der Waals surface area contributed by atoms with E-state index >= 15 is 0 Å². The zero-order chi connectivity index (χ0) is 13.1. The van der Waals surface area contributed by atoms with Crippen LogP contribution in [-0.4, -0.2) is 31.1 Å². The highest BCUT2D eigenvalue weighted by Crippen LogP contribution is 2.28. The fraction of sp³-hybridized carbons (Fsp3) is 0.462. The van der Waals surface area contributed by atoms with Gasteiger partial charge in [0.15, 0.2) is 0 Å². The standard InChI is InChI=1S/C13H15F2NO2/c14-11-4-10(8-18)5-12(15)13(11)16-3-1-2-9(6-16)7-17/h4-5,8-9,17H,1-3,6-7H2. The smallest absolute Gasteiger partial charge is 0.150 e. The van der Waals surface area contributed by atoms with Crippen molar-refractivity contribution in [2.45, 2.75) is 12.8 Å². The number of carbonyl (C=O) groups is 1. The molecule has 0 bridgehead atoms. The van der Waals surface area contributed by atoms with Crippen molar-refractivity contribution in [2.75, 3.05) is 24.6 Å². The molecule has 1 saturated heterocycles. The van der Waals surface area contributed by atoms with Crippen LogP contribution in [0.25, 0.3) is 0 Å². The highest BCUT2D eigenvalue weighted by atomic mass is 19.1. The van der Waals surface area contributed by atoms with E-state index in [-0.39, 0.29) is 23.8 Å². The molecule has 1 atom stereocenters. The average molecular weight is 255 g/mol. The molecular formula is C13H15F2NO2. The number of anilines is 1. The van der Waals surface area contributed by atoms with E-state index in [0.29, 0.717) is 19.4 Å². The molecule has 1 aromatic carbocycles. The quantitative estimate of drug-likeness (QED) is 0.840. The Balaban J connectivity index is 2.30. The van der Waals surface area contributed by atoms with Crippen LogP contribution in [0.1, 0.15) is 23.2 Å². The Labute approximate surface area is 104 Å². The molecule has 2 rings (SSSR count). The number of hydrogen-bond donors (Lipinski definition) is 1. The summed E-state index contributed by atoms with van der Waals surface area (Å²) in [6.07, 6.45) is 2.07. The van der Waals surface area contributed by atoms with Crippen molar-refractivity contribution in [2.24, 2.45) is 5.92 Å². The molecule has 1 fully saturated rings. The number of aldehydes is 1. The van der Waals surface area contributed by atoms with Crippen LogP contribution < -0.4 is 4.90 Å². The number of nitrogens with zero attached hydrogens (tertiary/aromatic N) is 1. The molecule has 98 valence electrons. The van der Waals surface area contributed by atoms with Gasteiger partial charge in [0.1, 0.15) is 23.6 Å². The molecule has 0 radical (unpaired) electrons. The minimum Gasteiger partial charge on any atom is -0.396 e. The molecule has 0 saturated carbocycles. The van der Waals surface area contributed by atoms with Crippen LogP contribution >= 0.6 is 0 Å². The molecule has 1 heterocycles. The molecule has 0 aliphatic carbocycles. The van der Waals surface area contributed by atoms with Gasteiger partial charge < -0.3 is 10.0 Å². The topological polar surface area (TPSA) is 40.5 Å². The largest absolute Gasteiger partial charge is 0.396 e. The molecule has 1 aliphatic rings. The lowest BCUT2D eigenvalue weighted by molar-refractivity contribution is 0.112. The van der Waals surface area contributed by atoms with Gasteiger partial charge >= 0.3 is 0 Å². The third-order valence-corrected chi connectivity index (χ3v) is 3.27. The van der Waals surface area contributed by atoms with Crippen molar-refractivity contribution >= 4 is 12.0 Å². The Hall–Kier alpha value is -1.49. The molecule has 5 heteroatoms. The third-order valence-electron chi connectivity index (χ3n) is 3.27. The summed E-state index contributed by atoms with van der Waals surface area (Å²) in [4.78, 5) is 12.1. The second-order valence-electron chi connectivity index (χ2n) is 4.59. The minimum absolute atomic E-state index is 0.00975. The number of halogens is 2. The van der Waals surface area contributed by atoms with E-state index in [9.17, 15) is 13.6 Å². The molecule has 18 heavy (non-hydrogen) atoms. The molecule has 1 aromatic rings. The predicted octanol–water partition coefficient (Wildman–Crippen LogP) is 1.99. The van der Waals surface area contributed by atoms with Crippen LogP contribution in [0.2, 0.25) is 0 Å². The molecule has 3 nitrogen and oxygen atoms in total. The zero-order valence-electron chi connectivity index (χ0n) is 9.90. The SMILES string of the molecule is O=Cc1cc(F)c(N2CCCC(CO)C2)c(F)c1. The molecule has 1 N–H and O–H groups in total. The zero-order valence-corrected chi connectivity index (χ0v) is 9.90. The van der Waals surface area contributed by atoms with Gasteiger partial charge in [0.05, 0.1) is 0 Å². The van der Waals surface area contributed by atoms with Crippen molar-refractivity contribution in [3.63, 3.8) is 0 Å². The van der Waals surface area contributed by atoms with Crippen molar-refractivity contribution < 1.29 is 18.7 Å². The van der Waals surface area contributed by atoms with Gasteiger partial charge in [0, 0.05) is 25.3 Å². The summed E-state index contributed by atoms with van der Waals surface area (Å²) in [7, 11) is 0. The van der Waals surface area contributed by atoms with Gasteiger partial charge in [-0.05, 0) is 30.9 Å². The Kier molecular flexibility index (Phi) is 3.91. The third kappa shape index (κ3) is 2.51. The molecule has 1 aliphatic heterocycles. The van der Waals surface area contributed by atoms with E-state index < -0.39 is 11.6 Å². The molecule has 0 spiro atoms. The molecule has 1 unspecified atom stereocenters.